The van der Waals surface area contributed by atoms with E-state index in [1.54, 1.807) is 11.8 Å². The third kappa shape index (κ3) is 2.98. The van der Waals surface area contributed by atoms with E-state index in [1.807, 2.05) is 44.4 Å². The SMILES string of the molecule is CSc1ccc(-c2nc(C(C)C)c(C(=O)O)s2)cc1. The highest BCUT2D eigenvalue weighted by molar-refractivity contribution is 7.98. The Morgan fingerprint density at radius 1 is 1.32 bits per heavy atom. The number of thioether (sulfide) groups is 1. The molecule has 0 aliphatic heterocycles. The zero-order valence-corrected chi connectivity index (χ0v) is 12.6. The van der Waals surface area contributed by atoms with Crippen molar-refractivity contribution in [3.05, 3.63) is 34.8 Å². The Hall–Kier alpha value is -1.33. The summed E-state index contributed by atoms with van der Waals surface area (Å²) in [5.74, 6) is -0.783. The van der Waals surface area contributed by atoms with Crippen LogP contribution in [0.1, 0.15) is 35.1 Å². The van der Waals surface area contributed by atoms with Gasteiger partial charge in [-0.3, -0.25) is 0 Å². The Bertz CT molecular complexity index is 588. The summed E-state index contributed by atoms with van der Waals surface area (Å²) in [6.45, 7) is 3.92. The number of aromatic carboxylic acids is 1. The summed E-state index contributed by atoms with van der Waals surface area (Å²) in [5, 5.41) is 10.00. The number of hydrogen-bond acceptors (Lipinski definition) is 4. The molecule has 0 saturated carbocycles. The van der Waals surface area contributed by atoms with Gasteiger partial charge in [0.15, 0.2) is 0 Å². The normalized spacial score (nSPS) is 10.9. The molecule has 1 N–H and O–H groups in total. The van der Waals surface area contributed by atoms with Crippen LogP contribution in [0.4, 0.5) is 0 Å². The van der Waals surface area contributed by atoms with Gasteiger partial charge in [0, 0.05) is 10.5 Å². The monoisotopic (exact) mass is 293 g/mol. The quantitative estimate of drug-likeness (QED) is 0.851. The minimum atomic E-state index is -0.895. The van der Waals surface area contributed by atoms with Gasteiger partial charge in [0.1, 0.15) is 9.88 Å². The predicted octanol–water partition coefficient (Wildman–Crippen LogP) is 4.35. The lowest BCUT2D eigenvalue weighted by Gasteiger charge is -2.00. The molecule has 3 nitrogen and oxygen atoms in total. The summed E-state index contributed by atoms with van der Waals surface area (Å²) in [7, 11) is 0. The fourth-order valence-electron chi connectivity index (χ4n) is 1.73. The van der Waals surface area contributed by atoms with E-state index in [4.69, 9.17) is 0 Å². The van der Waals surface area contributed by atoms with Gasteiger partial charge < -0.3 is 5.11 Å². The second kappa shape index (κ2) is 5.75. The van der Waals surface area contributed by atoms with Crippen LogP contribution in [0.15, 0.2) is 29.2 Å². The second-order valence-corrected chi connectivity index (χ2v) is 6.30. The number of hydrogen-bond donors (Lipinski definition) is 1. The molecule has 0 spiro atoms. The molecule has 1 aromatic heterocycles. The molecule has 1 heterocycles. The van der Waals surface area contributed by atoms with Gasteiger partial charge in [-0.1, -0.05) is 26.0 Å². The van der Waals surface area contributed by atoms with Crippen LogP contribution in [0.3, 0.4) is 0 Å². The van der Waals surface area contributed by atoms with Crippen molar-refractivity contribution in [1.82, 2.24) is 4.98 Å². The zero-order chi connectivity index (χ0) is 14.0. The highest BCUT2D eigenvalue weighted by Crippen LogP contribution is 2.32. The molecular formula is C14H15NO2S2. The number of aromatic nitrogens is 1. The van der Waals surface area contributed by atoms with E-state index in [0.717, 1.165) is 10.6 Å². The molecule has 0 unspecified atom stereocenters. The Balaban J connectivity index is 2.44. The molecule has 0 aliphatic rings. The molecule has 0 fully saturated rings. The maximum Gasteiger partial charge on any atom is 0.347 e. The smallest absolute Gasteiger partial charge is 0.347 e. The first-order valence-electron chi connectivity index (χ1n) is 5.91. The minimum absolute atomic E-state index is 0.113. The maximum atomic E-state index is 11.2. The number of carboxylic acid groups (broad SMARTS) is 1. The lowest BCUT2D eigenvalue weighted by atomic mass is 10.1. The van der Waals surface area contributed by atoms with Gasteiger partial charge >= 0.3 is 5.97 Å². The number of rotatable bonds is 4. The number of carbonyl (C=O) groups is 1. The van der Waals surface area contributed by atoms with Crippen molar-refractivity contribution in [1.29, 1.82) is 0 Å². The number of thiazole rings is 1. The molecule has 0 radical (unpaired) electrons. The highest BCUT2D eigenvalue weighted by atomic mass is 32.2. The van der Waals surface area contributed by atoms with Crippen LogP contribution in [-0.2, 0) is 0 Å². The predicted molar refractivity (Wildman–Crippen MR) is 80.4 cm³/mol. The van der Waals surface area contributed by atoms with Crippen LogP contribution in [-0.4, -0.2) is 22.3 Å². The first-order chi connectivity index (χ1) is 9.02. The first-order valence-corrected chi connectivity index (χ1v) is 7.95. The van der Waals surface area contributed by atoms with Gasteiger partial charge in [-0.2, -0.15) is 0 Å². The van der Waals surface area contributed by atoms with Crippen LogP contribution >= 0.6 is 23.1 Å². The maximum absolute atomic E-state index is 11.2. The van der Waals surface area contributed by atoms with Crippen molar-refractivity contribution in [3.63, 3.8) is 0 Å². The largest absolute Gasteiger partial charge is 0.477 e. The summed E-state index contributed by atoms with van der Waals surface area (Å²) < 4.78 is 0. The van der Waals surface area contributed by atoms with Gasteiger partial charge in [0.2, 0.25) is 0 Å². The van der Waals surface area contributed by atoms with Gasteiger partial charge in [0.25, 0.3) is 0 Å². The molecule has 0 atom stereocenters. The molecule has 0 amide bonds. The van der Waals surface area contributed by atoms with Gasteiger partial charge in [-0.05, 0) is 24.3 Å². The topological polar surface area (TPSA) is 50.2 Å². The molecule has 2 rings (SSSR count). The summed E-state index contributed by atoms with van der Waals surface area (Å²) in [6, 6.07) is 8.02. The lowest BCUT2D eigenvalue weighted by Crippen LogP contribution is -2.00. The van der Waals surface area contributed by atoms with Crippen molar-refractivity contribution in [3.8, 4) is 10.6 Å². The summed E-state index contributed by atoms with van der Waals surface area (Å²) >= 11 is 2.92. The van der Waals surface area contributed by atoms with Crippen molar-refractivity contribution in [2.75, 3.05) is 6.26 Å². The molecule has 0 aliphatic carbocycles. The van der Waals surface area contributed by atoms with Crippen molar-refractivity contribution in [2.24, 2.45) is 0 Å². The first kappa shape index (κ1) is 14.1. The molecule has 1 aromatic carbocycles. The van der Waals surface area contributed by atoms with E-state index in [-0.39, 0.29) is 5.92 Å². The van der Waals surface area contributed by atoms with E-state index >= 15 is 0 Å². The zero-order valence-electron chi connectivity index (χ0n) is 11.0. The summed E-state index contributed by atoms with van der Waals surface area (Å²) in [6.07, 6.45) is 2.03. The Morgan fingerprint density at radius 2 is 1.95 bits per heavy atom. The van der Waals surface area contributed by atoms with E-state index in [9.17, 15) is 9.90 Å². The Kier molecular flexibility index (Phi) is 4.27. The Labute approximate surface area is 120 Å². The molecular weight excluding hydrogens is 278 g/mol. The number of nitrogens with zero attached hydrogens (tertiary/aromatic N) is 1. The number of carboxylic acids is 1. The van der Waals surface area contributed by atoms with Crippen molar-refractivity contribution >= 4 is 29.1 Å². The van der Waals surface area contributed by atoms with Gasteiger partial charge in [-0.25, -0.2) is 9.78 Å². The molecule has 100 valence electrons. The molecule has 5 heteroatoms. The van der Waals surface area contributed by atoms with E-state index in [2.05, 4.69) is 4.98 Å². The lowest BCUT2D eigenvalue weighted by molar-refractivity contribution is 0.0700. The van der Waals surface area contributed by atoms with Crippen molar-refractivity contribution < 1.29 is 9.90 Å². The van der Waals surface area contributed by atoms with Crippen LogP contribution in [0.2, 0.25) is 0 Å². The molecule has 2 aromatic rings. The number of benzene rings is 1. The molecule has 0 bridgehead atoms. The average molecular weight is 293 g/mol. The third-order valence-electron chi connectivity index (χ3n) is 2.73. The van der Waals surface area contributed by atoms with E-state index < -0.39 is 5.97 Å². The van der Waals surface area contributed by atoms with E-state index in [1.165, 1.54) is 16.2 Å². The fourth-order valence-corrected chi connectivity index (χ4v) is 3.21. The highest BCUT2D eigenvalue weighted by Gasteiger charge is 2.20. The van der Waals surface area contributed by atoms with Gasteiger partial charge in [0.05, 0.1) is 5.69 Å². The standard InChI is InChI=1S/C14H15NO2S2/c1-8(2)11-12(14(16)17)19-13(15-11)9-4-6-10(18-3)7-5-9/h4-8H,1-3H3,(H,16,17). The Morgan fingerprint density at radius 3 is 2.37 bits per heavy atom. The molecule has 19 heavy (non-hydrogen) atoms. The third-order valence-corrected chi connectivity index (χ3v) is 4.58. The average Bonchev–Trinajstić information content (AvgIpc) is 2.84. The van der Waals surface area contributed by atoms with Crippen LogP contribution in [0.25, 0.3) is 10.6 Å². The van der Waals surface area contributed by atoms with Gasteiger partial charge in [-0.15, -0.1) is 23.1 Å². The van der Waals surface area contributed by atoms with E-state index in [0.29, 0.717) is 10.6 Å². The summed E-state index contributed by atoms with van der Waals surface area (Å²) in [4.78, 5) is 17.3. The van der Waals surface area contributed by atoms with Crippen molar-refractivity contribution in [2.45, 2.75) is 24.7 Å². The molecule has 0 saturated heterocycles. The summed E-state index contributed by atoms with van der Waals surface area (Å²) in [5.41, 5.74) is 1.64. The van der Waals surface area contributed by atoms with Crippen LogP contribution < -0.4 is 0 Å². The second-order valence-electron chi connectivity index (χ2n) is 4.42. The minimum Gasteiger partial charge on any atom is -0.477 e. The fraction of sp³-hybridized carbons (Fsp3) is 0.286. The van der Waals surface area contributed by atoms with Crippen LogP contribution in [0.5, 0.6) is 0 Å². The van der Waals surface area contributed by atoms with Crippen LogP contribution in [0, 0.1) is 0 Å².